The zero-order chi connectivity index (χ0) is 12.3. The number of benzene rings is 1. The molecule has 0 fully saturated rings. The molecule has 0 aliphatic heterocycles. The van der Waals surface area contributed by atoms with Crippen LogP contribution in [0, 0.1) is 5.82 Å². The number of rotatable bonds is 4. The van der Waals surface area contributed by atoms with E-state index in [9.17, 15) is 4.39 Å². The van der Waals surface area contributed by atoms with Crippen LogP contribution >= 0.6 is 11.6 Å². The van der Waals surface area contributed by atoms with Gasteiger partial charge in [0.15, 0.2) is 0 Å². The van der Waals surface area contributed by atoms with E-state index >= 15 is 0 Å². The highest BCUT2D eigenvalue weighted by Crippen LogP contribution is 2.22. The Morgan fingerprint density at radius 1 is 1.35 bits per heavy atom. The first-order valence-corrected chi connectivity index (χ1v) is 5.63. The van der Waals surface area contributed by atoms with Crippen LogP contribution in [-0.2, 0) is 6.54 Å². The molecule has 0 aliphatic carbocycles. The summed E-state index contributed by atoms with van der Waals surface area (Å²) in [6, 6.07) is 4.29. The smallest absolute Gasteiger partial charge is 0.125 e. The fraction of sp³-hybridized carbons (Fsp3) is 0.273. The molecule has 0 saturated carbocycles. The predicted octanol–water partition coefficient (Wildman–Crippen LogP) is 2.09. The summed E-state index contributed by atoms with van der Waals surface area (Å²) in [4.78, 5) is 0. The van der Waals surface area contributed by atoms with Crippen molar-refractivity contribution < 1.29 is 4.39 Å². The minimum atomic E-state index is -0.385. The predicted molar refractivity (Wildman–Crippen MR) is 64.1 cm³/mol. The summed E-state index contributed by atoms with van der Waals surface area (Å²) in [7, 11) is 0. The highest BCUT2D eigenvalue weighted by atomic mass is 35.5. The normalized spacial score (nSPS) is 10.8. The molecule has 6 heteroatoms. The lowest BCUT2D eigenvalue weighted by Gasteiger charge is -1.98. The molecule has 0 amide bonds. The first-order valence-electron chi connectivity index (χ1n) is 5.25. The van der Waals surface area contributed by atoms with E-state index in [2.05, 4.69) is 10.3 Å². The van der Waals surface area contributed by atoms with E-state index in [1.54, 1.807) is 16.9 Å². The van der Waals surface area contributed by atoms with Crippen LogP contribution in [0.4, 0.5) is 4.39 Å². The first kappa shape index (κ1) is 12.0. The number of aromatic nitrogens is 3. The Kier molecular flexibility index (Phi) is 3.71. The maximum atomic E-state index is 13.2. The summed E-state index contributed by atoms with van der Waals surface area (Å²) in [6.07, 6.45) is 2.58. The van der Waals surface area contributed by atoms with E-state index in [1.807, 2.05) is 0 Å². The Labute approximate surface area is 103 Å². The van der Waals surface area contributed by atoms with E-state index in [1.165, 1.54) is 12.1 Å². The molecule has 0 radical (unpaired) electrons. The zero-order valence-corrected chi connectivity index (χ0v) is 9.86. The van der Waals surface area contributed by atoms with E-state index in [0.29, 0.717) is 29.4 Å². The van der Waals surface area contributed by atoms with Gasteiger partial charge in [-0.1, -0.05) is 16.8 Å². The van der Waals surface area contributed by atoms with Gasteiger partial charge in [0.1, 0.15) is 11.5 Å². The Hall–Kier alpha value is -1.46. The van der Waals surface area contributed by atoms with E-state index in [-0.39, 0.29) is 5.82 Å². The maximum absolute atomic E-state index is 13.2. The lowest BCUT2D eigenvalue weighted by Crippen LogP contribution is -2.06. The second kappa shape index (κ2) is 5.25. The Morgan fingerprint density at radius 3 is 2.88 bits per heavy atom. The van der Waals surface area contributed by atoms with Crippen LogP contribution in [0.1, 0.15) is 6.42 Å². The van der Waals surface area contributed by atoms with Gasteiger partial charge < -0.3 is 5.73 Å². The lowest BCUT2D eigenvalue weighted by atomic mass is 10.2. The van der Waals surface area contributed by atoms with Crippen LogP contribution in [0.2, 0.25) is 5.02 Å². The molecule has 0 unspecified atom stereocenters. The van der Waals surface area contributed by atoms with Gasteiger partial charge in [-0.3, -0.25) is 4.68 Å². The number of nitrogens with two attached hydrogens (primary N) is 1. The van der Waals surface area contributed by atoms with Gasteiger partial charge in [0, 0.05) is 17.1 Å². The third-order valence-corrected chi connectivity index (χ3v) is 2.51. The molecular weight excluding hydrogens is 243 g/mol. The first-order chi connectivity index (χ1) is 8.19. The molecule has 4 nitrogen and oxygen atoms in total. The van der Waals surface area contributed by atoms with Crippen LogP contribution in [0.25, 0.3) is 11.3 Å². The van der Waals surface area contributed by atoms with Crippen molar-refractivity contribution in [1.29, 1.82) is 0 Å². The third-order valence-electron chi connectivity index (χ3n) is 2.29. The van der Waals surface area contributed by atoms with Crippen LogP contribution in [-0.4, -0.2) is 21.5 Å². The average Bonchev–Trinajstić information content (AvgIpc) is 2.73. The van der Waals surface area contributed by atoms with Crippen LogP contribution in [0.3, 0.4) is 0 Å². The molecule has 90 valence electrons. The molecule has 0 atom stereocenters. The molecule has 1 aromatic carbocycles. The van der Waals surface area contributed by atoms with Crippen molar-refractivity contribution in [2.75, 3.05) is 6.54 Å². The monoisotopic (exact) mass is 254 g/mol. The van der Waals surface area contributed by atoms with Crippen molar-refractivity contribution in [2.45, 2.75) is 13.0 Å². The molecule has 2 N–H and O–H groups in total. The number of nitrogens with zero attached hydrogens (tertiary/aromatic N) is 3. The van der Waals surface area contributed by atoms with Crippen LogP contribution in [0.5, 0.6) is 0 Å². The number of halogens is 2. The quantitative estimate of drug-likeness (QED) is 0.909. The average molecular weight is 255 g/mol. The van der Waals surface area contributed by atoms with Crippen LogP contribution < -0.4 is 5.73 Å². The number of hydrogen-bond donors (Lipinski definition) is 1. The Morgan fingerprint density at radius 2 is 2.18 bits per heavy atom. The molecule has 0 spiro atoms. The Bertz CT molecular complexity index is 492. The molecule has 1 aromatic heterocycles. The van der Waals surface area contributed by atoms with Crippen molar-refractivity contribution in [3.8, 4) is 11.3 Å². The third kappa shape index (κ3) is 3.01. The summed E-state index contributed by atoms with van der Waals surface area (Å²) in [5.41, 5.74) is 6.63. The molecule has 2 rings (SSSR count). The lowest BCUT2D eigenvalue weighted by molar-refractivity contribution is 0.564. The molecule has 0 aliphatic rings. The van der Waals surface area contributed by atoms with Crippen LogP contribution in [0.15, 0.2) is 24.4 Å². The summed E-state index contributed by atoms with van der Waals surface area (Å²) in [6.45, 7) is 1.30. The second-order valence-corrected chi connectivity index (χ2v) is 4.10. The molecule has 1 heterocycles. The zero-order valence-electron chi connectivity index (χ0n) is 9.11. The fourth-order valence-electron chi connectivity index (χ4n) is 1.49. The van der Waals surface area contributed by atoms with Gasteiger partial charge in [0.25, 0.3) is 0 Å². The SMILES string of the molecule is NCCCn1cc(-c2cc(F)cc(Cl)c2)nn1. The Balaban J connectivity index is 2.24. The van der Waals surface area contributed by atoms with Gasteiger partial charge in [0.05, 0.1) is 6.20 Å². The molecule has 0 saturated heterocycles. The summed E-state index contributed by atoms with van der Waals surface area (Å²) >= 11 is 5.78. The van der Waals surface area contributed by atoms with E-state index in [0.717, 1.165) is 6.42 Å². The molecule has 17 heavy (non-hydrogen) atoms. The summed E-state index contributed by atoms with van der Waals surface area (Å²) in [5.74, 6) is -0.385. The van der Waals surface area contributed by atoms with Gasteiger partial charge in [-0.25, -0.2) is 4.39 Å². The van der Waals surface area contributed by atoms with Gasteiger partial charge in [-0.15, -0.1) is 5.10 Å². The molecular formula is C11H12ClFN4. The van der Waals surface area contributed by atoms with Gasteiger partial charge in [-0.2, -0.15) is 0 Å². The minimum Gasteiger partial charge on any atom is -0.330 e. The number of hydrogen-bond acceptors (Lipinski definition) is 3. The minimum absolute atomic E-state index is 0.344. The van der Waals surface area contributed by atoms with E-state index < -0.39 is 0 Å². The van der Waals surface area contributed by atoms with Gasteiger partial charge in [-0.05, 0) is 31.2 Å². The maximum Gasteiger partial charge on any atom is 0.125 e. The second-order valence-electron chi connectivity index (χ2n) is 3.67. The van der Waals surface area contributed by atoms with E-state index in [4.69, 9.17) is 17.3 Å². The van der Waals surface area contributed by atoms with Crippen molar-refractivity contribution in [1.82, 2.24) is 15.0 Å². The topological polar surface area (TPSA) is 56.7 Å². The van der Waals surface area contributed by atoms with Crippen molar-refractivity contribution in [3.63, 3.8) is 0 Å². The largest absolute Gasteiger partial charge is 0.330 e. The molecule has 0 bridgehead atoms. The summed E-state index contributed by atoms with van der Waals surface area (Å²) < 4.78 is 14.8. The van der Waals surface area contributed by atoms with Crippen molar-refractivity contribution in [2.24, 2.45) is 5.73 Å². The summed E-state index contributed by atoms with van der Waals surface area (Å²) in [5, 5.41) is 8.25. The van der Waals surface area contributed by atoms with Gasteiger partial charge in [0.2, 0.25) is 0 Å². The highest BCUT2D eigenvalue weighted by Gasteiger charge is 2.06. The van der Waals surface area contributed by atoms with Crippen molar-refractivity contribution >= 4 is 11.6 Å². The number of aryl methyl sites for hydroxylation is 1. The molecule has 2 aromatic rings. The fourth-order valence-corrected chi connectivity index (χ4v) is 1.72. The standard InChI is InChI=1S/C11H12ClFN4/c12-9-4-8(5-10(13)6-9)11-7-17(16-15-11)3-1-2-14/h4-7H,1-3,14H2. The van der Waals surface area contributed by atoms with Gasteiger partial charge >= 0.3 is 0 Å². The highest BCUT2D eigenvalue weighted by molar-refractivity contribution is 6.30. The van der Waals surface area contributed by atoms with Crippen molar-refractivity contribution in [3.05, 3.63) is 35.2 Å².